The lowest BCUT2D eigenvalue weighted by Gasteiger charge is -2.21. The van der Waals surface area contributed by atoms with Crippen LogP contribution in [0.25, 0.3) is 5.65 Å². The predicted octanol–water partition coefficient (Wildman–Crippen LogP) is 0.970. The second kappa shape index (κ2) is 4.97. The van der Waals surface area contributed by atoms with E-state index < -0.39 is 5.97 Å². The van der Waals surface area contributed by atoms with Crippen LogP contribution in [0.1, 0.15) is 29.0 Å². The van der Waals surface area contributed by atoms with Crippen LogP contribution in [0, 0.1) is 5.92 Å². The number of aromatic nitrogens is 3. The molecule has 1 saturated heterocycles. The van der Waals surface area contributed by atoms with E-state index in [0.29, 0.717) is 11.6 Å². The largest absolute Gasteiger partial charge is 0.478 e. The minimum atomic E-state index is -0.939. The van der Waals surface area contributed by atoms with E-state index in [1.165, 1.54) is 0 Å². The van der Waals surface area contributed by atoms with E-state index in [2.05, 4.69) is 15.5 Å². The molecule has 0 amide bonds. The van der Waals surface area contributed by atoms with Gasteiger partial charge in [-0.25, -0.2) is 4.79 Å². The van der Waals surface area contributed by atoms with E-state index in [4.69, 9.17) is 5.11 Å². The first-order valence-electron chi connectivity index (χ1n) is 6.52. The lowest BCUT2D eigenvalue weighted by Crippen LogP contribution is -2.29. The van der Waals surface area contributed by atoms with Gasteiger partial charge in [0.15, 0.2) is 5.65 Å². The van der Waals surface area contributed by atoms with Gasteiger partial charge in [-0.1, -0.05) is 0 Å². The maximum atomic E-state index is 10.9. The fraction of sp³-hybridized carbons (Fsp3) is 0.462. The first kappa shape index (κ1) is 12.1. The van der Waals surface area contributed by atoms with Gasteiger partial charge in [-0.15, -0.1) is 10.2 Å². The number of hydrogen-bond acceptors (Lipinski definition) is 4. The minimum absolute atomic E-state index is 0.244. The molecule has 0 bridgehead atoms. The third kappa shape index (κ3) is 2.44. The maximum absolute atomic E-state index is 10.9. The van der Waals surface area contributed by atoms with Crippen LogP contribution >= 0.6 is 0 Å². The highest BCUT2D eigenvalue weighted by Crippen LogP contribution is 2.18. The Morgan fingerprint density at radius 3 is 2.95 bits per heavy atom. The zero-order chi connectivity index (χ0) is 13.2. The molecule has 100 valence electrons. The van der Waals surface area contributed by atoms with E-state index in [1.807, 2.05) is 4.40 Å². The molecule has 0 unspecified atom stereocenters. The number of nitrogens with one attached hydrogen (secondary N) is 1. The summed E-state index contributed by atoms with van der Waals surface area (Å²) in [6, 6.07) is 3.14. The van der Waals surface area contributed by atoms with Gasteiger partial charge < -0.3 is 10.4 Å². The van der Waals surface area contributed by atoms with Gasteiger partial charge in [0.1, 0.15) is 5.82 Å². The zero-order valence-electron chi connectivity index (χ0n) is 10.5. The normalized spacial score (nSPS) is 16.8. The van der Waals surface area contributed by atoms with Gasteiger partial charge in [0.05, 0.1) is 5.56 Å². The Labute approximate surface area is 110 Å². The Balaban J connectivity index is 1.86. The topological polar surface area (TPSA) is 79.5 Å². The summed E-state index contributed by atoms with van der Waals surface area (Å²) in [6.07, 6.45) is 4.95. The third-order valence-electron chi connectivity index (χ3n) is 3.66. The average Bonchev–Trinajstić information content (AvgIpc) is 2.82. The number of pyridine rings is 1. The molecule has 3 heterocycles. The van der Waals surface area contributed by atoms with Crippen LogP contribution in [0.2, 0.25) is 0 Å². The smallest absolute Gasteiger partial charge is 0.335 e. The number of carboxylic acid groups (broad SMARTS) is 1. The first-order chi connectivity index (χ1) is 9.24. The van der Waals surface area contributed by atoms with E-state index in [1.54, 1.807) is 18.3 Å². The summed E-state index contributed by atoms with van der Waals surface area (Å²) in [5.41, 5.74) is 0.845. The molecule has 1 aliphatic rings. The van der Waals surface area contributed by atoms with E-state index >= 15 is 0 Å². The van der Waals surface area contributed by atoms with Crippen LogP contribution in [0.3, 0.4) is 0 Å². The van der Waals surface area contributed by atoms with Crippen LogP contribution in [0.15, 0.2) is 18.3 Å². The lowest BCUT2D eigenvalue weighted by atomic mass is 9.94. The minimum Gasteiger partial charge on any atom is -0.478 e. The number of nitrogens with zero attached hydrogens (tertiary/aromatic N) is 3. The summed E-state index contributed by atoms with van der Waals surface area (Å²) in [7, 11) is 0. The van der Waals surface area contributed by atoms with Crippen molar-refractivity contribution in [3.05, 3.63) is 29.7 Å². The summed E-state index contributed by atoms with van der Waals surface area (Å²) in [5.74, 6) is 0.608. The van der Waals surface area contributed by atoms with Crippen LogP contribution < -0.4 is 5.32 Å². The Kier molecular flexibility index (Phi) is 3.16. The van der Waals surface area contributed by atoms with Crippen molar-refractivity contribution in [3.8, 4) is 0 Å². The molecule has 2 aromatic rings. The molecule has 2 aromatic heterocycles. The standard InChI is InChI=1S/C13H16N4O2/c18-13(19)10-3-6-17-11(15-16-12(17)8-10)7-9-1-4-14-5-2-9/h3,6,8-9,14H,1-2,4-5,7H2,(H,18,19). The summed E-state index contributed by atoms with van der Waals surface area (Å²) in [6.45, 7) is 2.12. The number of carboxylic acids is 1. The Morgan fingerprint density at radius 2 is 2.21 bits per heavy atom. The zero-order valence-corrected chi connectivity index (χ0v) is 10.5. The van der Waals surface area contributed by atoms with E-state index in [9.17, 15) is 4.79 Å². The van der Waals surface area contributed by atoms with Crippen molar-refractivity contribution in [2.75, 3.05) is 13.1 Å². The SMILES string of the molecule is O=C(O)c1ccn2c(CC3CCNCC3)nnc2c1. The molecule has 0 atom stereocenters. The lowest BCUT2D eigenvalue weighted by molar-refractivity contribution is 0.0697. The molecule has 2 N–H and O–H groups in total. The van der Waals surface area contributed by atoms with Gasteiger partial charge in [0.25, 0.3) is 0 Å². The molecule has 0 radical (unpaired) electrons. The summed E-state index contributed by atoms with van der Waals surface area (Å²) in [5, 5.41) is 20.5. The second-order valence-corrected chi connectivity index (χ2v) is 4.96. The molecule has 0 saturated carbocycles. The number of aromatic carboxylic acids is 1. The van der Waals surface area contributed by atoms with Gasteiger partial charge in [-0.05, 0) is 44.0 Å². The molecular weight excluding hydrogens is 244 g/mol. The molecule has 0 aromatic carbocycles. The second-order valence-electron chi connectivity index (χ2n) is 4.96. The molecular formula is C13H16N4O2. The highest BCUT2D eigenvalue weighted by Gasteiger charge is 2.17. The summed E-state index contributed by atoms with van der Waals surface area (Å²) < 4.78 is 1.88. The molecule has 6 heteroatoms. The van der Waals surface area contributed by atoms with Crippen LogP contribution in [-0.2, 0) is 6.42 Å². The van der Waals surface area contributed by atoms with E-state index in [-0.39, 0.29) is 5.56 Å². The van der Waals surface area contributed by atoms with Crippen molar-refractivity contribution in [2.24, 2.45) is 5.92 Å². The summed E-state index contributed by atoms with van der Waals surface area (Å²) >= 11 is 0. The van der Waals surface area contributed by atoms with Gasteiger partial charge in [0.2, 0.25) is 0 Å². The van der Waals surface area contributed by atoms with Crippen molar-refractivity contribution in [2.45, 2.75) is 19.3 Å². The average molecular weight is 260 g/mol. The Morgan fingerprint density at radius 1 is 1.42 bits per heavy atom. The van der Waals surface area contributed by atoms with Gasteiger partial charge in [-0.3, -0.25) is 4.40 Å². The Bertz CT molecular complexity index is 602. The van der Waals surface area contributed by atoms with Gasteiger partial charge in [0, 0.05) is 12.6 Å². The number of hydrogen-bond donors (Lipinski definition) is 2. The highest BCUT2D eigenvalue weighted by molar-refractivity contribution is 5.88. The molecule has 19 heavy (non-hydrogen) atoms. The van der Waals surface area contributed by atoms with Crippen molar-refractivity contribution >= 4 is 11.6 Å². The monoisotopic (exact) mass is 260 g/mol. The predicted molar refractivity (Wildman–Crippen MR) is 69.2 cm³/mol. The van der Waals surface area contributed by atoms with Crippen molar-refractivity contribution in [1.29, 1.82) is 0 Å². The third-order valence-corrected chi connectivity index (χ3v) is 3.66. The number of fused-ring (bicyclic) bond motifs is 1. The fourth-order valence-electron chi connectivity index (χ4n) is 2.56. The molecule has 3 rings (SSSR count). The molecule has 0 aliphatic carbocycles. The van der Waals surface area contributed by atoms with Crippen LogP contribution in [0.4, 0.5) is 0 Å². The van der Waals surface area contributed by atoms with Gasteiger partial charge >= 0.3 is 5.97 Å². The van der Waals surface area contributed by atoms with Crippen LogP contribution in [0.5, 0.6) is 0 Å². The first-order valence-corrected chi connectivity index (χ1v) is 6.52. The molecule has 1 fully saturated rings. The van der Waals surface area contributed by atoms with Crippen molar-refractivity contribution < 1.29 is 9.90 Å². The number of piperidine rings is 1. The molecule has 1 aliphatic heterocycles. The van der Waals surface area contributed by atoms with Crippen molar-refractivity contribution in [3.63, 3.8) is 0 Å². The highest BCUT2D eigenvalue weighted by atomic mass is 16.4. The Hall–Kier alpha value is -1.95. The number of carbonyl (C=O) groups is 1. The molecule has 6 nitrogen and oxygen atoms in total. The summed E-state index contributed by atoms with van der Waals surface area (Å²) in [4.78, 5) is 10.9. The maximum Gasteiger partial charge on any atom is 0.335 e. The number of rotatable bonds is 3. The van der Waals surface area contributed by atoms with Crippen molar-refractivity contribution in [1.82, 2.24) is 19.9 Å². The van der Waals surface area contributed by atoms with E-state index in [0.717, 1.165) is 38.2 Å². The molecule has 0 spiro atoms. The quantitative estimate of drug-likeness (QED) is 0.859. The fourth-order valence-corrected chi connectivity index (χ4v) is 2.56. The van der Waals surface area contributed by atoms with Crippen LogP contribution in [-0.4, -0.2) is 38.8 Å². The van der Waals surface area contributed by atoms with Gasteiger partial charge in [-0.2, -0.15) is 0 Å².